The lowest BCUT2D eigenvalue weighted by atomic mass is 9.44. The first kappa shape index (κ1) is 39.9. The molecule has 5 aliphatic rings. The van der Waals surface area contributed by atoms with Crippen LogP contribution < -0.4 is 10.6 Å². The van der Waals surface area contributed by atoms with Gasteiger partial charge in [0, 0.05) is 51.5 Å². The molecule has 4 aliphatic carbocycles. The highest BCUT2D eigenvalue weighted by Gasteiger charge is 2.61. The van der Waals surface area contributed by atoms with E-state index in [-0.39, 0.29) is 52.7 Å². The molecule has 5 fully saturated rings. The highest BCUT2D eigenvalue weighted by Crippen LogP contribution is 2.66. The SMILES string of the molecule is CC(C)CC(=O)N[C@@H](Cc1ccccc1)C(=O)N[C@@H](Cc1ccccc1)C(=O)N1CCN([C@H]2C[C@@]3(C)[C@@H](CC[C@@H]4[C@@H]3CC[C@]3(C)[C@@H](O)CC[C@@H]43)C[C@@H]2O)CC1. The summed E-state index contributed by atoms with van der Waals surface area (Å²) in [6, 6.07) is 17.9. The van der Waals surface area contributed by atoms with E-state index in [1.807, 2.05) is 79.4 Å². The highest BCUT2D eigenvalue weighted by molar-refractivity contribution is 5.92. The second kappa shape index (κ2) is 16.7. The van der Waals surface area contributed by atoms with Crippen molar-refractivity contribution in [2.75, 3.05) is 26.2 Å². The Morgan fingerprint density at radius 3 is 2.02 bits per heavy atom. The Hall–Kier alpha value is -3.27. The average Bonchev–Trinajstić information content (AvgIpc) is 3.48. The number of hydrogen-bond donors (Lipinski definition) is 4. The molecular formula is C46H66N4O5. The van der Waals surface area contributed by atoms with E-state index in [9.17, 15) is 24.6 Å². The van der Waals surface area contributed by atoms with Gasteiger partial charge in [-0.1, -0.05) is 88.4 Å². The Kier molecular flexibility index (Phi) is 12.1. The molecule has 0 radical (unpaired) electrons. The maximum absolute atomic E-state index is 14.4. The van der Waals surface area contributed by atoms with Crippen LogP contribution >= 0.6 is 0 Å². The normalized spacial score (nSPS) is 34.5. The van der Waals surface area contributed by atoms with Crippen LogP contribution in [0.2, 0.25) is 0 Å². The molecule has 9 heteroatoms. The molecule has 1 heterocycles. The van der Waals surface area contributed by atoms with Gasteiger partial charge in [-0.3, -0.25) is 19.3 Å². The summed E-state index contributed by atoms with van der Waals surface area (Å²) in [4.78, 5) is 45.7. The number of carbonyl (C=O) groups is 3. The molecule has 55 heavy (non-hydrogen) atoms. The Balaban J connectivity index is 1.03. The molecule has 1 saturated heterocycles. The van der Waals surface area contributed by atoms with Crippen LogP contribution in [0.25, 0.3) is 0 Å². The number of aliphatic hydroxyl groups excluding tert-OH is 2. The lowest BCUT2D eigenvalue weighted by molar-refractivity contribution is -0.157. The fourth-order valence-corrected chi connectivity index (χ4v) is 12.1. The Bertz CT molecular complexity index is 1630. The van der Waals surface area contributed by atoms with Crippen molar-refractivity contribution in [3.63, 3.8) is 0 Å². The van der Waals surface area contributed by atoms with Crippen LogP contribution in [0.3, 0.4) is 0 Å². The molecular weight excluding hydrogens is 689 g/mol. The number of carbonyl (C=O) groups excluding carboxylic acids is 3. The number of piperazine rings is 1. The van der Waals surface area contributed by atoms with E-state index in [1.165, 1.54) is 19.3 Å². The minimum absolute atomic E-state index is 0.0587. The van der Waals surface area contributed by atoms with Gasteiger partial charge in [-0.05, 0) is 103 Å². The van der Waals surface area contributed by atoms with Gasteiger partial charge in [-0.15, -0.1) is 0 Å². The van der Waals surface area contributed by atoms with Gasteiger partial charge in [0.1, 0.15) is 12.1 Å². The molecule has 0 aromatic heterocycles. The van der Waals surface area contributed by atoms with Crippen LogP contribution in [0.1, 0.15) is 96.6 Å². The second-order valence-electron chi connectivity index (χ2n) is 18.9. The smallest absolute Gasteiger partial charge is 0.245 e. The number of hydrogen-bond acceptors (Lipinski definition) is 6. The van der Waals surface area contributed by atoms with E-state index in [1.54, 1.807) is 0 Å². The van der Waals surface area contributed by atoms with Gasteiger partial charge in [0.05, 0.1) is 12.2 Å². The molecule has 9 nitrogen and oxygen atoms in total. The van der Waals surface area contributed by atoms with Crippen LogP contribution in [-0.4, -0.2) is 94.2 Å². The topological polar surface area (TPSA) is 122 Å². The third-order valence-electron chi connectivity index (χ3n) is 15.2. The fraction of sp³-hybridized carbons (Fsp3) is 0.674. The third-order valence-corrected chi connectivity index (χ3v) is 15.2. The number of rotatable bonds is 11. The van der Waals surface area contributed by atoms with Gasteiger partial charge in [0.2, 0.25) is 17.7 Å². The molecule has 0 bridgehead atoms. The van der Waals surface area contributed by atoms with Crippen molar-refractivity contribution in [3.8, 4) is 0 Å². The van der Waals surface area contributed by atoms with E-state index in [0.717, 1.165) is 43.2 Å². The number of fused-ring (bicyclic) bond motifs is 5. The largest absolute Gasteiger partial charge is 0.393 e. The predicted octanol–water partition coefficient (Wildman–Crippen LogP) is 5.37. The summed E-state index contributed by atoms with van der Waals surface area (Å²) in [7, 11) is 0. The van der Waals surface area contributed by atoms with Crippen LogP contribution in [0, 0.1) is 40.4 Å². The highest BCUT2D eigenvalue weighted by atomic mass is 16.3. The lowest BCUT2D eigenvalue weighted by Gasteiger charge is -2.62. The molecule has 11 atom stereocenters. The molecule has 0 unspecified atom stereocenters. The minimum Gasteiger partial charge on any atom is -0.393 e. The lowest BCUT2D eigenvalue weighted by Crippen LogP contribution is -2.63. The fourth-order valence-electron chi connectivity index (χ4n) is 12.1. The van der Waals surface area contributed by atoms with E-state index in [4.69, 9.17) is 0 Å². The van der Waals surface area contributed by atoms with Gasteiger partial charge in [0.25, 0.3) is 0 Å². The quantitative estimate of drug-likeness (QED) is 0.245. The molecule has 0 spiro atoms. The first-order valence-electron chi connectivity index (χ1n) is 21.4. The van der Waals surface area contributed by atoms with Crippen molar-refractivity contribution < 1.29 is 24.6 Å². The van der Waals surface area contributed by atoms with Gasteiger partial charge in [-0.25, -0.2) is 0 Å². The molecule has 7 rings (SSSR count). The molecule has 4 saturated carbocycles. The summed E-state index contributed by atoms with van der Waals surface area (Å²) in [6.45, 7) is 11.3. The molecule has 2 aromatic carbocycles. The average molecular weight is 755 g/mol. The van der Waals surface area contributed by atoms with E-state index in [2.05, 4.69) is 29.4 Å². The van der Waals surface area contributed by atoms with Gasteiger partial charge < -0.3 is 25.7 Å². The molecule has 4 N–H and O–H groups in total. The zero-order valence-electron chi connectivity index (χ0n) is 33.7. The third kappa shape index (κ3) is 8.40. The predicted molar refractivity (Wildman–Crippen MR) is 215 cm³/mol. The monoisotopic (exact) mass is 755 g/mol. The van der Waals surface area contributed by atoms with Crippen LogP contribution in [0.15, 0.2) is 60.7 Å². The van der Waals surface area contributed by atoms with Crippen molar-refractivity contribution in [1.29, 1.82) is 0 Å². The first-order valence-corrected chi connectivity index (χ1v) is 21.4. The maximum Gasteiger partial charge on any atom is 0.245 e. The maximum atomic E-state index is 14.4. The molecule has 2 aromatic rings. The Labute approximate surface area is 329 Å². The van der Waals surface area contributed by atoms with E-state index in [0.29, 0.717) is 69.1 Å². The van der Waals surface area contributed by atoms with Crippen LogP contribution in [0.4, 0.5) is 0 Å². The zero-order chi connectivity index (χ0) is 38.9. The zero-order valence-corrected chi connectivity index (χ0v) is 33.7. The van der Waals surface area contributed by atoms with Gasteiger partial charge in [0.15, 0.2) is 0 Å². The van der Waals surface area contributed by atoms with Gasteiger partial charge >= 0.3 is 0 Å². The standard InChI is InChI=1S/C46H66N4O5/c1-30(2)25-42(53)47-37(26-31-11-7-5-8-12-31)43(54)48-38(27-32-13-9-6-10-14-32)44(55)50-23-21-49(22-24-50)39-29-46(4)33(28-40(39)51)15-16-34-35-17-18-41(52)45(35,3)20-19-36(34)46/h5-14,30,33-41,51-52H,15-29H2,1-4H3,(H,47,53)(H,48,54)/t33-,34-,35-,36-,37-,38-,39-,40-,41-,45-,46-/m0/s1. The Morgan fingerprint density at radius 1 is 0.764 bits per heavy atom. The summed E-state index contributed by atoms with van der Waals surface area (Å²) in [6.07, 6.45) is 9.05. The number of nitrogens with one attached hydrogen (secondary N) is 2. The van der Waals surface area contributed by atoms with Crippen LogP contribution in [-0.2, 0) is 27.2 Å². The van der Waals surface area contributed by atoms with E-state index < -0.39 is 12.1 Å². The first-order chi connectivity index (χ1) is 26.4. The summed E-state index contributed by atoms with van der Waals surface area (Å²) in [5, 5.41) is 28.7. The van der Waals surface area contributed by atoms with Gasteiger partial charge in [-0.2, -0.15) is 0 Å². The number of benzene rings is 2. The van der Waals surface area contributed by atoms with Crippen molar-refractivity contribution >= 4 is 17.7 Å². The number of nitrogens with zero attached hydrogens (tertiary/aromatic N) is 2. The number of amides is 3. The molecule has 300 valence electrons. The Morgan fingerprint density at radius 2 is 1.38 bits per heavy atom. The van der Waals surface area contributed by atoms with Crippen molar-refractivity contribution in [2.24, 2.45) is 40.4 Å². The summed E-state index contributed by atoms with van der Waals surface area (Å²) < 4.78 is 0. The summed E-state index contributed by atoms with van der Waals surface area (Å²) in [5.41, 5.74) is 2.11. The van der Waals surface area contributed by atoms with Crippen molar-refractivity contribution in [2.45, 2.75) is 129 Å². The summed E-state index contributed by atoms with van der Waals surface area (Å²) in [5.74, 6) is 1.93. The second-order valence-corrected chi connectivity index (χ2v) is 18.9. The molecule has 3 amide bonds. The van der Waals surface area contributed by atoms with Crippen molar-refractivity contribution in [1.82, 2.24) is 20.4 Å². The van der Waals surface area contributed by atoms with Crippen molar-refractivity contribution in [3.05, 3.63) is 71.8 Å². The molecule has 1 aliphatic heterocycles. The van der Waals surface area contributed by atoms with Crippen LogP contribution in [0.5, 0.6) is 0 Å². The minimum atomic E-state index is -0.814. The van der Waals surface area contributed by atoms with E-state index >= 15 is 0 Å². The number of aliphatic hydroxyl groups is 2. The summed E-state index contributed by atoms with van der Waals surface area (Å²) >= 11 is 0.